The van der Waals surface area contributed by atoms with Gasteiger partial charge in [-0.15, -0.1) is 0 Å². The highest BCUT2D eigenvalue weighted by Crippen LogP contribution is 2.07. The van der Waals surface area contributed by atoms with Crippen molar-refractivity contribution in [3.05, 3.63) is 6.92 Å². The topological polar surface area (TPSA) is 12.5 Å². The second-order valence-electron chi connectivity index (χ2n) is 3.14. The van der Waals surface area contributed by atoms with E-state index in [0.717, 1.165) is 32.7 Å². The van der Waals surface area contributed by atoms with Gasteiger partial charge in [0, 0.05) is 19.1 Å². The van der Waals surface area contributed by atoms with Gasteiger partial charge in [-0.25, -0.2) is 0 Å². The van der Waals surface area contributed by atoms with E-state index in [0.29, 0.717) is 6.04 Å². The summed E-state index contributed by atoms with van der Waals surface area (Å²) >= 11 is 0. The molecule has 2 nitrogen and oxygen atoms in total. The summed E-state index contributed by atoms with van der Waals surface area (Å²) in [5.74, 6) is 0. The molecule has 0 aromatic rings. The Kier molecular flexibility index (Phi) is 3.87. The van der Waals surface area contributed by atoms with Gasteiger partial charge in [-0.1, -0.05) is 13.3 Å². The van der Waals surface area contributed by atoms with Gasteiger partial charge in [-0.05, 0) is 13.3 Å². The van der Waals surface area contributed by atoms with E-state index in [9.17, 15) is 0 Å². The number of hydrogen-bond acceptors (Lipinski definition) is 2. The minimum atomic E-state index is 0.691. The first-order valence-electron chi connectivity index (χ1n) is 4.45. The minimum absolute atomic E-state index is 0.691. The zero-order chi connectivity index (χ0) is 8.10. The second-order valence-corrected chi connectivity index (χ2v) is 3.14. The molecular formula is C9H18NO. The average Bonchev–Trinajstić information content (AvgIpc) is 2.07. The minimum Gasteiger partial charge on any atom is -0.379 e. The van der Waals surface area contributed by atoms with Gasteiger partial charge in [0.25, 0.3) is 0 Å². The van der Waals surface area contributed by atoms with Gasteiger partial charge in [-0.2, -0.15) is 0 Å². The smallest absolute Gasteiger partial charge is 0.0594 e. The standard InChI is InChI=1S/C9H18NO/c1-3-4-9(2)10-5-7-11-8-6-10/h9H,1,3-8H2,2H3. The van der Waals surface area contributed by atoms with Crippen LogP contribution >= 0.6 is 0 Å². The molecule has 1 aliphatic heterocycles. The molecule has 1 unspecified atom stereocenters. The summed E-state index contributed by atoms with van der Waals surface area (Å²) in [4.78, 5) is 2.48. The Labute approximate surface area is 69.5 Å². The third-order valence-electron chi connectivity index (χ3n) is 2.29. The molecule has 0 N–H and O–H groups in total. The maximum absolute atomic E-state index is 5.27. The number of rotatable bonds is 3. The molecule has 0 bridgehead atoms. The van der Waals surface area contributed by atoms with Crippen LogP contribution in [-0.4, -0.2) is 37.2 Å². The Hall–Kier alpha value is -0.0800. The molecule has 1 saturated heterocycles. The van der Waals surface area contributed by atoms with Gasteiger partial charge < -0.3 is 4.74 Å². The third-order valence-corrected chi connectivity index (χ3v) is 2.29. The van der Waals surface area contributed by atoms with Crippen LogP contribution in [0.25, 0.3) is 0 Å². The lowest BCUT2D eigenvalue weighted by Gasteiger charge is -2.32. The molecule has 0 amide bonds. The van der Waals surface area contributed by atoms with E-state index in [1.807, 2.05) is 0 Å². The van der Waals surface area contributed by atoms with E-state index in [1.54, 1.807) is 0 Å². The van der Waals surface area contributed by atoms with Crippen LogP contribution < -0.4 is 0 Å². The Bertz CT molecular complexity index is 99.7. The Morgan fingerprint density at radius 1 is 1.45 bits per heavy atom. The van der Waals surface area contributed by atoms with Gasteiger partial charge in [-0.3, -0.25) is 4.90 Å². The van der Waals surface area contributed by atoms with Crippen LogP contribution in [0.2, 0.25) is 0 Å². The monoisotopic (exact) mass is 156 g/mol. The number of nitrogens with zero attached hydrogens (tertiary/aromatic N) is 1. The molecule has 1 rings (SSSR count). The van der Waals surface area contributed by atoms with Crippen molar-refractivity contribution in [2.24, 2.45) is 0 Å². The molecule has 1 aliphatic rings. The number of morpholine rings is 1. The van der Waals surface area contributed by atoms with E-state index in [4.69, 9.17) is 4.74 Å². The summed E-state index contributed by atoms with van der Waals surface area (Å²) in [5, 5.41) is 0. The molecule has 1 fully saturated rings. The maximum atomic E-state index is 5.27. The van der Waals surface area contributed by atoms with E-state index in [2.05, 4.69) is 18.7 Å². The molecule has 65 valence electrons. The highest BCUT2D eigenvalue weighted by Gasteiger charge is 2.15. The lowest BCUT2D eigenvalue weighted by atomic mass is 10.1. The molecule has 0 aliphatic carbocycles. The normalized spacial score (nSPS) is 23.5. The van der Waals surface area contributed by atoms with Crippen molar-refractivity contribution in [2.75, 3.05) is 26.3 Å². The Morgan fingerprint density at radius 3 is 2.64 bits per heavy atom. The summed E-state index contributed by atoms with van der Waals surface area (Å²) in [7, 11) is 0. The predicted molar refractivity (Wildman–Crippen MR) is 46.4 cm³/mol. The van der Waals surface area contributed by atoms with Crippen LogP contribution in [0.3, 0.4) is 0 Å². The van der Waals surface area contributed by atoms with Gasteiger partial charge >= 0.3 is 0 Å². The van der Waals surface area contributed by atoms with Crippen molar-refractivity contribution < 1.29 is 4.74 Å². The van der Waals surface area contributed by atoms with Crippen molar-refractivity contribution >= 4 is 0 Å². The quantitative estimate of drug-likeness (QED) is 0.611. The van der Waals surface area contributed by atoms with Gasteiger partial charge in [0.1, 0.15) is 0 Å². The van der Waals surface area contributed by atoms with E-state index < -0.39 is 0 Å². The van der Waals surface area contributed by atoms with E-state index >= 15 is 0 Å². The summed E-state index contributed by atoms with van der Waals surface area (Å²) in [6.07, 6.45) is 2.25. The highest BCUT2D eigenvalue weighted by atomic mass is 16.5. The molecule has 0 aromatic heterocycles. The van der Waals surface area contributed by atoms with Crippen LogP contribution in [0, 0.1) is 6.92 Å². The summed E-state index contributed by atoms with van der Waals surface area (Å²) in [5.41, 5.74) is 0. The first-order chi connectivity index (χ1) is 5.34. The summed E-state index contributed by atoms with van der Waals surface area (Å²) < 4.78 is 5.27. The second kappa shape index (κ2) is 4.73. The molecule has 1 atom stereocenters. The van der Waals surface area contributed by atoms with Crippen molar-refractivity contribution in [3.63, 3.8) is 0 Å². The molecule has 11 heavy (non-hydrogen) atoms. The van der Waals surface area contributed by atoms with E-state index in [1.165, 1.54) is 6.42 Å². The largest absolute Gasteiger partial charge is 0.379 e. The first-order valence-corrected chi connectivity index (χ1v) is 4.45. The van der Waals surface area contributed by atoms with Gasteiger partial charge in [0.2, 0.25) is 0 Å². The number of hydrogen-bond donors (Lipinski definition) is 0. The summed E-state index contributed by atoms with van der Waals surface area (Å²) in [6.45, 7) is 10.1. The van der Waals surface area contributed by atoms with Crippen molar-refractivity contribution in [1.82, 2.24) is 4.90 Å². The zero-order valence-electron chi connectivity index (χ0n) is 7.38. The average molecular weight is 156 g/mol. The van der Waals surface area contributed by atoms with Gasteiger partial charge in [0.15, 0.2) is 0 Å². The van der Waals surface area contributed by atoms with Crippen molar-refractivity contribution in [1.29, 1.82) is 0 Å². The van der Waals surface area contributed by atoms with Crippen LogP contribution in [0.5, 0.6) is 0 Å². The predicted octanol–water partition coefficient (Wildman–Crippen LogP) is 1.32. The fourth-order valence-electron chi connectivity index (χ4n) is 1.50. The van der Waals surface area contributed by atoms with Crippen LogP contribution in [0.4, 0.5) is 0 Å². The number of ether oxygens (including phenoxy) is 1. The molecule has 1 heterocycles. The van der Waals surface area contributed by atoms with Crippen LogP contribution in [0.1, 0.15) is 19.8 Å². The Balaban J connectivity index is 2.21. The fourth-order valence-corrected chi connectivity index (χ4v) is 1.50. The maximum Gasteiger partial charge on any atom is 0.0594 e. The molecule has 1 radical (unpaired) electrons. The van der Waals surface area contributed by atoms with Crippen molar-refractivity contribution in [3.8, 4) is 0 Å². The summed E-state index contributed by atoms with van der Waals surface area (Å²) in [6, 6.07) is 0.691. The molecule has 0 spiro atoms. The van der Waals surface area contributed by atoms with Crippen LogP contribution in [0.15, 0.2) is 0 Å². The van der Waals surface area contributed by atoms with Gasteiger partial charge in [0.05, 0.1) is 13.2 Å². The molecule has 0 aromatic carbocycles. The van der Waals surface area contributed by atoms with E-state index in [-0.39, 0.29) is 0 Å². The molecule has 0 saturated carbocycles. The van der Waals surface area contributed by atoms with Crippen LogP contribution in [-0.2, 0) is 4.74 Å². The zero-order valence-corrected chi connectivity index (χ0v) is 7.38. The lowest BCUT2D eigenvalue weighted by molar-refractivity contribution is 0.0188. The fraction of sp³-hybridized carbons (Fsp3) is 0.889. The Morgan fingerprint density at radius 2 is 2.09 bits per heavy atom. The third kappa shape index (κ3) is 2.80. The SMILES string of the molecule is [CH2]CCC(C)N1CCOCC1. The highest BCUT2D eigenvalue weighted by molar-refractivity contribution is 4.69. The first kappa shape index (κ1) is 9.01. The lowest BCUT2D eigenvalue weighted by Crippen LogP contribution is -2.41. The van der Waals surface area contributed by atoms with Crippen molar-refractivity contribution in [2.45, 2.75) is 25.8 Å². The molecular weight excluding hydrogens is 138 g/mol. The molecule has 2 heteroatoms.